The summed E-state index contributed by atoms with van der Waals surface area (Å²) in [5.74, 6) is -0.460. The molecule has 0 aromatic carbocycles. The molecular formula is C10H16N2O2. The van der Waals surface area contributed by atoms with Crippen LogP contribution in [-0.4, -0.2) is 29.8 Å². The Morgan fingerprint density at radius 1 is 1.07 bits per heavy atom. The van der Waals surface area contributed by atoms with Gasteiger partial charge in [-0.1, -0.05) is 0 Å². The normalized spacial score (nSPS) is 24.4. The second kappa shape index (κ2) is 3.26. The molecule has 2 amide bonds. The topological polar surface area (TPSA) is 63.4 Å². The monoisotopic (exact) mass is 196 g/mol. The minimum Gasteiger partial charge on any atom is -0.369 e. The van der Waals surface area contributed by atoms with Crippen molar-refractivity contribution in [2.75, 3.05) is 13.1 Å². The van der Waals surface area contributed by atoms with Gasteiger partial charge >= 0.3 is 0 Å². The lowest BCUT2D eigenvalue weighted by molar-refractivity contribution is -0.143. The minimum atomic E-state index is -0.808. The van der Waals surface area contributed by atoms with Crippen LogP contribution in [0.25, 0.3) is 0 Å². The first-order valence-electron chi connectivity index (χ1n) is 5.26. The number of amides is 2. The number of nitrogens with zero attached hydrogens (tertiary/aromatic N) is 1. The van der Waals surface area contributed by atoms with Crippen molar-refractivity contribution < 1.29 is 9.59 Å². The van der Waals surface area contributed by atoms with Gasteiger partial charge in [0.15, 0.2) is 0 Å². The standard InChI is InChI=1S/C10H16N2O2/c11-8(13)10(4-5-10)9(14)12-6-2-1-3-7-12/h1-7H2,(H2,11,13). The van der Waals surface area contributed by atoms with Crippen LogP contribution in [0.4, 0.5) is 0 Å². The first kappa shape index (κ1) is 9.49. The molecule has 2 aliphatic rings. The van der Waals surface area contributed by atoms with E-state index in [0.717, 1.165) is 25.9 Å². The Morgan fingerprint density at radius 3 is 2.07 bits per heavy atom. The van der Waals surface area contributed by atoms with Gasteiger partial charge in [-0.05, 0) is 32.1 Å². The maximum Gasteiger partial charge on any atom is 0.238 e. The Hall–Kier alpha value is -1.06. The second-order valence-electron chi connectivity index (χ2n) is 4.30. The molecular weight excluding hydrogens is 180 g/mol. The zero-order valence-electron chi connectivity index (χ0n) is 8.29. The van der Waals surface area contributed by atoms with Crippen molar-refractivity contribution >= 4 is 11.8 Å². The average Bonchev–Trinajstić information content (AvgIpc) is 2.99. The van der Waals surface area contributed by atoms with Crippen LogP contribution >= 0.6 is 0 Å². The molecule has 0 radical (unpaired) electrons. The summed E-state index contributed by atoms with van der Waals surface area (Å²) in [5.41, 5.74) is 4.45. The van der Waals surface area contributed by atoms with Crippen molar-refractivity contribution in [2.45, 2.75) is 32.1 Å². The van der Waals surface area contributed by atoms with Gasteiger partial charge in [0.1, 0.15) is 5.41 Å². The third kappa shape index (κ3) is 1.38. The van der Waals surface area contributed by atoms with Crippen LogP contribution in [0.1, 0.15) is 32.1 Å². The summed E-state index contributed by atoms with van der Waals surface area (Å²) < 4.78 is 0. The number of primary amides is 1. The second-order valence-corrected chi connectivity index (χ2v) is 4.30. The number of carbonyl (C=O) groups excluding carboxylic acids is 2. The van der Waals surface area contributed by atoms with E-state index in [1.54, 1.807) is 4.90 Å². The maximum atomic E-state index is 11.9. The largest absolute Gasteiger partial charge is 0.369 e. The Balaban J connectivity index is 2.04. The molecule has 2 fully saturated rings. The summed E-state index contributed by atoms with van der Waals surface area (Å²) in [7, 11) is 0. The van der Waals surface area contributed by atoms with Crippen LogP contribution in [0, 0.1) is 5.41 Å². The Bertz CT molecular complexity index is 265. The van der Waals surface area contributed by atoms with E-state index < -0.39 is 11.3 Å². The average molecular weight is 196 g/mol. The van der Waals surface area contributed by atoms with Crippen molar-refractivity contribution in [1.82, 2.24) is 4.90 Å². The van der Waals surface area contributed by atoms with Crippen molar-refractivity contribution in [3.8, 4) is 0 Å². The predicted octanol–water partition coefficient (Wildman–Crippen LogP) is 0.264. The van der Waals surface area contributed by atoms with Crippen LogP contribution in [0.15, 0.2) is 0 Å². The molecule has 0 atom stereocenters. The number of carbonyl (C=O) groups is 2. The van der Waals surface area contributed by atoms with E-state index in [1.165, 1.54) is 6.42 Å². The molecule has 4 heteroatoms. The summed E-state index contributed by atoms with van der Waals surface area (Å²) in [5, 5.41) is 0. The van der Waals surface area contributed by atoms with Gasteiger partial charge in [0, 0.05) is 13.1 Å². The third-order valence-electron chi connectivity index (χ3n) is 3.27. The van der Waals surface area contributed by atoms with Gasteiger partial charge in [-0.2, -0.15) is 0 Å². The molecule has 0 bridgehead atoms. The summed E-state index contributed by atoms with van der Waals surface area (Å²) >= 11 is 0. The molecule has 1 saturated heterocycles. The number of rotatable bonds is 2. The molecule has 1 aliphatic carbocycles. The molecule has 14 heavy (non-hydrogen) atoms. The van der Waals surface area contributed by atoms with Gasteiger partial charge < -0.3 is 10.6 Å². The molecule has 2 rings (SSSR count). The van der Waals surface area contributed by atoms with E-state index in [1.807, 2.05) is 0 Å². The molecule has 0 spiro atoms. The van der Waals surface area contributed by atoms with Crippen molar-refractivity contribution in [3.05, 3.63) is 0 Å². The Morgan fingerprint density at radius 2 is 1.64 bits per heavy atom. The van der Waals surface area contributed by atoms with Crippen molar-refractivity contribution in [2.24, 2.45) is 11.1 Å². The smallest absolute Gasteiger partial charge is 0.238 e. The molecule has 0 unspecified atom stereocenters. The summed E-state index contributed by atoms with van der Waals surface area (Å²) in [6, 6.07) is 0. The van der Waals surface area contributed by atoms with E-state index >= 15 is 0 Å². The fourth-order valence-corrected chi connectivity index (χ4v) is 2.09. The van der Waals surface area contributed by atoms with E-state index in [9.17, 15) is 9.59 Å². The zero-order valence-corrected chi connectivity index (χ0v) is 8.29. The van der Waals surface area contributed by atoms with E-state index in [2.05, 4.69) is 0 Å². The van der Waals surface area contributed by atoms with Crippen LogP contribution in [0.5, 0.6) is 0 Å². The lowest BCUT2D eigenvalue weighted by atomic mass is 10.0. The van der Waals surface area contributed by atoms with Crippen LogP contribution in [-0.2, 0) is 9.59 Å². The molecule has 1 aliphatic heterocycles. The number of hydrogen-bond donors (Lipinski definition) is 1. The van der Waals surface area contributed by atoms with E-state index in [-0.39, 0.29) is 5.91 Å². The van der Waals surface area contributed by atoms with Crippen LogP contribution in [0.2, 0.25) is 0 Å². The first-order valence-corrected chi connectivity index (χ1v) is 5.26. The molecule has 0 aromatic rings. The van der Waals surface area contributed by atoms with Crippen LogP contribution < -0.4 is 5.73 Å². The number of hydrogen-bond acceptors (Lipinski definition) is 2. The molecule has 4 nitrogen and oxygen atoms in total. The quantitative estimate of drug-likeness (QED) is 0.644. The molecule has 78 valence electrons. The molecule has 2 N–H and O–H groups in total. The third-order valence-corrected chi connectivity index (χ3v) is 3.27. The number of piperidine rings is 1. The minimum absolute atomic E-state index is 0.0234. The number of nitrogens with two attached hydrogens (primary N) is 1. The van der Waals surface area contributed by atoms with Crippen LogP contribution in [0.3, 0.4) is 0 Å². The van der Waals surface area contributed by atoms with Gasteiger partial charge in [-0.3, -0.25) is 9.59 Å². The highest BCUT2D eigenvalue weighted by Gasteiger charge is 2.56. The Labute approximate surface area is 83.4 Å². The molecule has 1 saturated carbocycles. The Kier molecular flexibility index (Phi) is 2.21. The van der Waals surface area contributed by atoms with E-state index in [0.29, 0.717) is 12.8 Å². The van der Waals surface area contributed by atoms with Crippen molar-refractivity contribution in [1.29, 1.82) is 0 Å². The number of likely N-dealkylation sites (tertiary alicyclic amines) is 1. The van der Waals surface area contributed by atoms with Gasteiger partial charge in [0.05, 0.1) is 0 Å². The fraction of sp³-hybridized carbons (Fsp3) is 0.800. The lowest BCUT2D eigenvalue weighted by Crippen LogP contribution is -2.45. The fourth-order valence-electron chi connectivity index (χ4n) is 2.09. The lowest BCUT2D eigenvalue weighted by Gasteiger charge is -2.29. The highest BCUT2D eigenvalue weighted by molar-refractivity contribution is 6.07. The highest BCUT2D eigenvalue weighted by Crippen LogP contribution is 2.47. The van der Waals surface area contributed by atoms with Gasteiger partial charge in [-0.25, -0.2) is 0 Å². The SMILES string of the molecule is NC(=O)C1(C(=O)N2CCCCC2)CC1. The maximum absolute atomic E-state index is 11.9. The first-order chi connectivity index (χ1) is 6.67. The highest BCUT2D eigenvalue weighted by atomic mass is 16.2. The van der Waals surface area contributed by atoms with Gasteiger partial charge in [0.2, 0.25) is 11.8 Å². The molecule has 0 aromatic heterocycles. The zero-order chi connectivity index (χ0) is 10.2. The summed E-state index contributed by atoms with van der Waals surface area (Å²) in [4.78, 5) is 24.9. The predicted molar refractivity (Wildman–Crippen MR) is 51.3 cm³/mol. The van der Waals surface area contributed by atoms with E-state index in [4.69, 9.17) is 5.73 Å². The molecule has 1 heterocycles. The van der Waals surface area contributed by atoms with Crippen molar-refractivity contribution in [3.63, 3.8) is 0 Å². The summed E-state index contributed by atoms with van der Waals surface area (Å²) in [6.07, 6.45) is 4.60. The van der Waals surface area contributed by atoms with Gasteiger partial charge in [-0.15, -0.1) is 0 Å². The van der Waals surface area contributed by atoms with Gasteiger partial charge in [0.25, 0.3) is 0 Å². The summed E-state index contributed by atoms with van der Waals surface area (Å²) in [6.45, 7) is 1.60.